The fourth-order valence-electron chi connectivity index (χ4n) is 2.64. The lowest BCUT2D eigenvalue weighted by Gasteiger charge is -2.23. The Morgan fingerprint density at radius 2 is 2.23 bits per heavy atom. The molecule has 0 amide bonds. The van der Waals surface area contributed by atoms with Crippen LogP contribution in [0.1, 0.15) is 24.8 Å². The van der Waals surface area contributed by atoms with E-state index in [2.05, 4.69) is 49.6 Å². The molecule has 2 aromatic rings. The van der Waals surface area contributed by atoms with E-state index in [9.17, 15) is 0 Å². The van der Waals surface area contributed by atoms with Crippen molar-refractivity contribution in [3.8, 4) is 0 Å². The zero-order valence-corrected chi connectivity index (χ0v) is 16.4. The van der Waals surface area contributed by atoms with Gasteiger partial charge in [0.2, 0.25) is 0 Å². The molecule has 0 radical (unpaired) electrons. The van der Waals surface area contributed by atoms with Gasteiger partial charge in [-0.05, 0) is 48.9 Å². The third kappa shape index (κ3) is 4.38. The van der Waals surface area contributed by atoms with E-state index in [1.165, 1.54) is 35.7 Å². The maximum absolute atomic E-state index is 5.90. The van der Waals surface area contributed by atoms with E-state index in [-0.39, 0.29) is 24.0 Å². The first kappa shape index (κ1) is 17.6. The van der Waals surface area contributed by atoms with Crippen molar-refractivity contribution in [2.75, 3.05) is 13.1 Å². The lowest BCUT2D eigenvalue weighted by Crippen LogP contribution is -2.34. The van der Waals surface area contributed by atoms with E-state index in [1.807, 2.05) is 6.07 Å². The summed E-state index contributed by atoms with van der Waals surface area (Å²) in [6, 6.07) is 6.28. The van der Waals surface area contributed by atoms with Gasteiger partial charge in [-0.2, -0.15) is 0 Å². The fraction of sp³-hybridized carbons (Fsp3) is 0.438. The van der Waals surface area contributed by atoms with Crippen molar-refractivity contribution in [3.63, 3.8) is 0 Å². The van der Waals surface area contributed by atoms with E-state index in [0.29, 0.717) is 5.96 Å². The Kier molecular flexibility index (Phi) is 6.55. The van der Waals surface area contributed by atoms with Gasteiger partial charge in [-0.3, -0.25) is 4.99 Å². The number of nitrogens with one attached hydrogen (secondary N) is 2. The standard InChI is InChI=1S/C16H21BrN4.HI/c17-13-4-5-15-14(8-13)12(10-20-15)6-7-19-16(18)21-9-11-2-1-3-11;/h4-5,8,10-11,20H,1-3,6-7,9H2,(H3,18,19,21);1H. The predicted molar refractivity (Wildman–Crippen MR) is 107 cm³/mol. The SMILES string of the molecule is I.NC(=NCC1CCC1)NCCc1c[nH]c2ccc(Br)cc12. The van der Waals surface area contributed by atoms with Crippen molar-refractivity contribution in [2.24, 2.45) is 16.6 Å². The normalized spacial score (nSPS) is 15.4. The minimum Gasteiger partial charge on any atom is -0.370 e. The van der Waals surface area contributed by atoms with Crippen LogP contribution in [0.5, 0.6) is 0 Å². The first-order valence-electron chi connectivity index (χ1n) is 7.51. The number of nitrogens with two attached hydrogens (primary N) is 1. The Morgan fingerprint density at radius 3 is 2.95 bits per heavy atom. The number of hydrogen-bond donors (Lipinski definition) is 3. The first-order chi connectivity index (χ1) is 10.2. The van der Waals surface area contributed by atoms with Crippen molar-refractivity contribution in [2.45, 2.75) is 25.7 Å². The highest BCUT2D eigenvalue weighted by Crippen LogP contribution is 2.26. The average Bonchev–Trinajstić information content (AvgIpc) is 2.80. The number of guanidine groups is 1. The van der Waals surface area contributed by atoms with Gasteiger partial charge in [0.25, 0.3) is 0 Å². The van der Waals surface area contributed by atoms with E-state index in [1.54, 1.807) is 0 Å². The summed E-state index contributed by atoms with van der Waals surface area (Å²) in [6.07, 6.45) is 6.96. The molecule has 1 aliphatic carbocycles. The molecule has 0 spiro atoms. The molecule has 3 rings (SSSR count). The van der Waals surface area contributed by atoms with Crippen LogP contribution in [0.2, 0.25) is 0 Å². The largest absolute Gasteiger partial charge is 0.370 e. The van der Waals surface area contributed by atoms with Crippen LogP contribution in [-0.2, 0) is 6.42 Å². The van der Waals surface area contributed by atoms with Crippen LogP contribution in [0.15, 0.2) is 33.9 Å². The van der Waals surface area contributed by atoms with Gasteiger partial charge in [-0.1, -0.05) is 22.4 Å². The molecule has 0 aliphatic heterocycles. The van der Waals surface area contributed by atoms with Crippen molar-refractivity contribution < 1.29 is 0 Å². The lowest BCUT2D eigenvalue weighted by atomic mass is 9.86. The van der Waals surface area contributed by atoms with Gasteiger partial charge in [-0.25, -0.2) is 0 Å². The summed E-state index contributed by atoms with van der Waals surface area (Å²) in [5.41, 5.74) is 8.36. The number of H-pyrrole nitrogens is 1. The van der Waals surface area contributed by atoms with E-state index < -0.39 is 0 Å². The maximum atomic E-state index is 5.90. The molecule has 4 nitrogen and oxygen atoms in total. The molecule has 0 bridgehead atoms. The zero-order valence-electron chi connectivity index (χ0n) is 12.4. The van der Waals surface area contributed by atoms with Crippen LogP contribution in [0.3, 0.4) is 0 Å². The molecule has 1 heterocycles. The van der Waals surface area contributed by atoms with E-state index >= 15 is 0 Å². The molecule has 1 aliphatic rings. The van der Waals surface area contributed by atoms with Gasteiger partial charge in [0.05, 0.1) is 0 Å². The third-order valence-corrected chi connectivity index (χ3v) is 4.67. The smallest absolute Gasteiger partial charge is 0.188 e. The van der Waals surface area contributed by atoms with Crippen molar-refractivity contribution in [1.82, 2.24) is 10.3 Å². The van der Waals surface area contributed by atoms with Gasteiger partial charge < -0.3 is 16.0 Å². The number of hydrogen-bond acceptors (Lipinski definition) is 1. The van der Waals surface area contributed by atoms with Gasteiger partial charge in [0.15, 0.2) is 5.96 Å². The highest BCUT2D eigenvalue weighted by molar-refractivity contribution is 14.0. The lowest BCUT2D eigenvalue weighted by molar-refractivity contribution is 0.326. The number of halogens is 2. The summed E-state index contributed by atoms with van der Waals surface area (Å²) >= 11 is 3.52. The van der Waals surface area contributed by atoms with Crippen LogP contribution in [0.25, 0.3) is 10.9 Å². The summed E-state index contributed by atoms with van der Waals surface area (Å²) in [7, 11) is 0. The molecule has 0 unspecified atom stereocenters. The third-order valence-electron chi connectivity index (χ3n) is 4.17. The van der Waals surface area contributed by atoms with Crippen LogP contribution in [-0.4, -0.2) is 24.0 Å². The minimum atomic E-state index is 0. The first-order valence-corrected chi connectivity index (χ1v) is 8.31. The Bertz CT molecular complexity index is 649. The summed E-state index contributed by atoms with van der Waals surface area (Å²) < 4.78 is 1.10. The highest BCUT2D eigenvalue weighted by atomic mass is 127. The number of rotatable bonds is 5. The summed E-state index contributed by atoms with van der Waals surface area (Å²) in [6.45, 7) is 1.68. The Balaban J connectivity index is 0.00000176. The van der Waals surface area contributed by atoms with Crippen molar-refractivity contribution >= 4 is 56.8 Å². The highest BCUT2D eigenvalue weighted by Gasteiger charge is 2.16. The predicted octanol–water partition coefficient (Wildman–Crippen LogP) is 3.80. The maximum Gasteiger partial charge on any atom is 0.188 e. The Hall–Kier alpha value is -0.760. The molecular formula is C16H22BrIN4. The van der Waals surface area contributed by atoms with Gasteiger partial charge >= 0.3 is 0 Å². The Labute approximate surface area is 156 Å². The molecular weight excluding hydrogens is 455 g/mol. The number of nitrogens with zero attached hydrogens (tertiary/aromatic N) is 1. The molecule has 1 saturated carbocycles. The number of aromatic nitrogens is 1. The topological polar surface area (TPSA) is 66.2 Å². The molecule has 6 heteroatoms. The summed E-state index contributed by atoms with van der Waals surface area (Å²) in [5, 5.41) is 4.47. The van der Waals surface area contributed by atoms with Crippen molar-refractivity contribution in [3.05, 3.63) is 34.4 Å². The monoisotopic (exact) mass is 476 g/mol. The second kappa shape index (κ2) is 8.19. The molecule has 120 valence electrons. The van der Waals surface area contributed by atoms with Gasteiger partial charge in [0, 0.05) is 34.7 Å². The van der Waals surface area contributed by atoms with Crippen LogP contribution >= 0.6 is 39.9 Å². The molecule has 1 aromatic carbocycles. The quantitative estimate of drug-likeness (QED) is 0.349. The molecule has 4 N–H and O–H groups in total. The minimum absolute atomic E-state index is 0. The number of aliphatic imine (C=N–C) groups is 1. The second-order valence-electron chi connectivity index (χ2n) is 5.70. The van der Waals surface area contributed by atoms with Crippen LogP contribution < -0.4 is 11.1 Å². The number of fused-ring (bicyclic) bond motifs is 1. The Morgan fingerprint density at radius 1 is 1.41 bits per heavy atom. The van der Waals surface area contributed by atoms with Gasteiger partial charge in [0.1, 0.15) is 0 Å². The van der Waals surface area contributed by atoms with Gasteiger partial charge in [-0.15, -0.1) is 24.0 Å². The van der Waals surface area contributed by atoms with E-state index in [0.717, 1.165) is 29.9 Å². The molecule has 1 fully saturated rings. The van der Waals surface area contributed by atoms with Crippen molar-refractivity contribution in [1.29, 1.82) is 0 Å². The average molecular weight is 477 g/mol. The molecule has 0 atom stereocenters. The summed E-state index contributed by atoms with van der Waals surface area (Å²) in [5.74, 6) is 1.33. The van der Waals surface area contributed by atoms with Crippen LogP contribution in [0, 0.1) is 5.92 Å². The molecule has 1 aromatic heterocycles. The molecule has 0 saturated heterocycles. The second-order valence-corrected chi connectivity index (χ2v) is 6.62. The zero-order chi connectivity index (χ0) is 14.7. The number of benzene rings is 1. The molecule has 22 heavy (non-hydrogen) atoms. The van der Waals surface area contributed by atoms with E-state index in [4.69, 9.17) is 5.73 Å². The number of aromatic amines is 1. The summed E-state index contributed by atoms with van der Waals surface area (Å²) in [4.78, 5) is 7.71. The fourth-order valence-corrected chi connectivity index (χ4v) is 3.00. The van der Waals surface area contributed by atoms with Crippen LogP contribution in [0.4, 0.5) is 0 Å².